The molecule has 0 bridgehead atoms. The third-order valence-electron chi connectivity index (χ3n) is 13.5. The third kappa shape index (κ3) is 4.94. The van der Waals surface area contributed by atoms with Crippen LogP contribution >= 0.6 is 0 Å². The first-order valence-corrected chi connectivity index (χ1v) is 20.7. The fourth-order valence-corrected chi connectivity index (χ4v) is 10.5. The van der Waals surface area contributed by atoms with Crippen molar-refractivity contribution in [1.82, 2.24) is 0 Å². The molecule has 278 valence electrons. The van der Waals surface area contributed by atoms with Crippen molar-refractivity contribution in [1.29, 1.82) is 0 Å². The molecule has 1 heterocycles. The van der Waals surface area contributed by atoms with Crippen molar-refractivity contribution < 1.29 is 4.74 Å². The van der Waals surface area contributed by atoms with Crippen LogP contribution in [0.15, 0.2) is 133 Å². The number of benzene rings is 7. The number of rotatable bonds is 8. The molecule has 1 unspecified atom stereocenters. The van der Waals surface area contributed by atoms with E-state index in [1.54, 1.807) is 0 Å². The van der Waals surface area contributed by atoms with Crippen LogP contribution in [0.25, 0.3) is 49.9 Å². The van der Waals surface area contributed by atoms with Crippen molar-refractivity contribution in [2.75, 3.05) is 18.5 Å². The van der Waals surface area contributed by atoms with Gasteiger partial charge in [-0.05, 0) is 91.4 Å². The summed E-state index contributed by atoms with van der Waals surface area (Å²) in [5.41, 5.74) is 14.3. The average Bonchev–Trinajstić information content (AvgIpc) is 3.62. The molecule has 0 aromatic heterocycles. The van der Waals surface area contributed by atoms with Crippen LogP contribution in [0.2, 0.25) is 0 Å². The van der Waals surface area contributed by atoms with Gasteiger partial charge in [0, 0.05) is 52.2 Å². The summed E-state index contributed by atoms with van der Waals surface area (Å²) in [7, 11) is 2.22. The Balaban J connectivity index is 1.17. The van der Waals surface area contributed by atoms with E-state index in [1.807, 2.05) is 0 Å². The highest BCUT2D eigenvalue weighted by atomic mass is 16.5. The van der Waals surface area contributed by atoms with E-state index in [2.05, 4.69) is 186 Å². The molecule has 0 saturated carbocycles. The first-order valence-electron chi connectivity index (χ1n) is 20.7. The first-order chi connectivity index (χ1) is 27.1. The Morgan fingerprint density at radius 3 is 2.07 bits per heavy atom. The van der Waals surface area contributed by atoms with Gasteiger partial charge in [-0.15, -0.1) is 0 Å². The number of anilines is 1. The summed E-state index contributed by atoms with van der Waals surface area (Å²) in [5, 5.41) is 5.01. The van der Waals surface area contributed by atoms with Gasteiger partial charge < -0.3 is 9.64 Å². The van der Waals surface area contributed by atoms with Gasteiger partial charge in [0.25, 0.3) is 0 Å². The van der Waals surface area contributed by atoms with Crippen molar-refractivity contribution in [3.8, 4) is 28.0 Å². The Kier molecular flexibility index (Phi) is 7.91. The van der Waals surface area contributed by atoms with Crippen LogP contribution in [0.1, 0.15) is 99.2 Å². The van der Waals surface area contributed by atoms with Crippen molar-refractivity contribution in [3.63, 3.8) is 0 Å². The Bertz CT molecular complexity index is 2730. The van der Waals surface area contributed by atoms with E-state index < -0.39 is 5.60 Å². The van der Waals surface area contributed by atoms with Crippen LogP contribution in [0, 0.1) is 0 Å². The van der Waals surface area contributed by atoms with Gasteiger partial charge in [0.05, 0.1) is 0 Å². The van der Waals surface area contributed by atoms with E-state index in [1.165, 1.54) is 97.6 Å². The molecule has 2 nitrogen and oxygen atoms in total. The van der Waals surface area contributed by atoms with E-state index in [0.29, 0.717) is 0 Å². The number of hydrogen-bond donors (Lipinski definition) is 0. The molecule has 56 heavy (non-hydrogen) atoms. The Morgan fingerprint density at radius 2 is 1.27 bits per heavy atom. The minimum atomic E-state index is -0.847. The van der Waals surface area contributed by atoms with Gasteiger partial charge in [-0.2, -0.15) is 0 Å². The maximum absolute atomic E-state index is 7.79. The molecule has 0 fully saturated rings. The van der Waals surface area contributed by atoms with Gasteiger partial charge in [-0.25, -0.2) is 0 Å². The molecule has 2 aliphatic carbocycles. The fraction of sp³-hybridized carbons (Fsp3) is 0.259. The van der Waals surface area contributed by atoms with Crippen LogP contribution in [0.5, 0.6) is 5.75 Å². The maximum Gasteiger partial charge on any atom is 0.178 e. The lowest BCUT2D eigenvalue weighted by molar-refractivity contribution is 0.163. The minimum Gasteiger partial charge on any atom is -0.472 e. The largest absolute Gasteiger partial charge is 0.472 e. The molecule has 0 N–H and O–H groups in total. The van der Waals surface area contributed by atoms with E-state index in [9.17, 15) is 0 Å². The smallest absolute Gasteiger partial charge is 0.178 e. The lowest BCUT2D eigenvalue weighted by Gasteiger charge is -2.39. The number of nitrogens with zero attached hydrogens (tertiary/aromatic N) is 1. The number of ether oxygens (including phenoxy) is 1. The normalized spacial score (nSPS) is 17.9. The summed E-state index contributed by atoms with van der Waals surface area (Å²) >= 11 is 0. The minimum absolute atomic E-state index is 0.171. The number of fused-ring (bicyclic) bond motifs is 13. The molecular formula is C54H51NO. The van der Waals surface area contributed by atoms with Gasteiger partial charge >= 0.3 is 0 Å². The molecule has 0 spiro atoms. The molecule has 7 aromatic rings. The molecule has 10 rings (SSSR count). The quantitative estimate of drug-likeness (QED) is 0.144. The topological polar surface area (TPSA) is 12.5 Å². The molecule has 2 heteroatoms. The molecular weight excluding hydrogens is 679 g/mol. The van der Waals surface area contributed by atoms with Crippen molar-refractivity contribution >= 4 is 33.3 Å². The Hall–Kier alpha value is -5.60. The van der Waals surface area contributed by atoms with E-state index >= 15 is 0 Å². The lowest BCUT2D eigenvalue weighted by atomic mass is 9.76. The van der Waals surface area contributed by atoms with Gasteiger partial charge in [0.15, 0.2) is 5.60 Å². The number of hydrogen-bond acceptors (Lipinski definition) is 2. The zero-order valence-corrected chi connectivity index (χ0v) is 33.7. The zero-order chi connectivity index (χ0) is 38.4. The first kappa shape index (κ1) is 34.9. The highest BCUT2D eigenvalue weighted by Crippen LogP contribution is 2.59. The molecule has 1 aliphatic heterocycles. The van der Waals surface area contributed by atoms with Crippen LogP contribution in [-0.2, 0) is 16.4 Å². The second-order valence-corrected chi connectivity index (χ2v) is 17.5. The third-order valence-corrected chi connectivity index (χ3v) is 13.5. The van der Waals surface area contributed by atoms with Crippen molar-refractivity contribution in [2.24, 2.45) is 0 Å². The molecule has 0 amide bonds. The standard InChI is InChI=1S/C54H51NO/c1-7-8-9-16-33-55(6)38-27-24-36(25-28-38)54(37-26-29-43-47(34-37)52(2,3)46-30-23-35-17-10-11-18-39(35)48(43)46)32-31-44-50-49(40-19-12-13-20-41(40)51(44)56-54)42-21-14-15-22-45(42)53(50,4)5/h10-15,17-32,34H,7-9,16,33H2,1-6H3. The fourth-order valence-electron chi connectivity index (χ4n) is 10.5. The zero-order valence-electron chi connectivity index (χ0n) is 33.7. The predicted octanol–water partition coefficient (Wildman–Crippen LogP) is 14.0. The average molecular weight is 730 g/mol. The van der Waals surface area contributed by atoms with Crippen LogP contribution in [-0.4, -0.2) is 13.6 Å². The Morgan fingerprint density at radius 1 is 0.571 bits per heavy atom. The van der Waals surface area contributed by atoms with Crippen molar-refractivity contribution in [2.45, 2.75) is 76.7 Å². The summed E-state index contributed by atoms with van der Waals surface area (Å²) in [5.74, 6) is 0.967. The molecule has 3 aliphatic rings. The second-order valence-electron chi connectivity index (χ2n) is 17.5. The van der Waals surface area contributed by atoms with Crippen LogP contribution < -0.4 is 9.64 Å². The predicted molar refractivity (Wildman–Crippen MR) is 237 cm³/mol. The van der Waals surface area contributed by atoms with Crippen LogP contribution in [0.4, 0.5) is 5.69 Å². The van der Waals surface area contributed by atoms with E-state index in [0.717, 1.165) is 28.8 Å². The molecule has 0 radical (unpaired) electrons. The van der Waals surface area contributed by atoms with E-state index in [4.69, 9.17) is 4.74 Å². The lowest BCUT2D eigenvalue weighted by Crippen LogP contribution is -2.35. The van der Waals surface area contributed by atoms with Gasteiger partial charge in [-0.1, -0.05) is 169 Å². The molecule has 1 atom stereocenters. The monoisotopic (exact) mass is 729 g/mol. The summed E-state index contributed by atoms with van der Waals surface area (Å²) < 4.78 is 7.79. The number of unbranched alkanes of at least 4 members (excludes halogenated alkanes) is 3. The van der Waals surface area contributed by atoms with E-state index in [-0.39, 0.29) is 10.8 Å². The Labute approximate surface area is 332 Å². The van der Waals surface area contributed by atoms with Crippen LogP contribution in [0.3, 0.4) is 0 Å². The SMILES string of the molecule is CCCCCCN(C)c1ccc(C2(c3ccc4c(c3)C(C)(C)c3ccc5ccccc5c3-4)C=Cc3c4c(c5ccccc5c3O2)-c2ccccc2C4(C)C)cc1. The highest BCUT2D eigenvalue weighted by molar-refractivity contribution is 6.08. The van der Waals surface area contributed by atoms with Gasteiger partial charge in [0.1, 0.15) is 5.75 Å². The summed E-state index contributed by atoms with van der Waals surface area (Å²) in [4.78, 5) is 2.40. The highest BCUT2D eigenvalue weighted by Gasteiger charge is 2.45. The second kappa shape index (κ2) is 12.7. The van der Waals surface area contributed by atoms with Crippen molar-refractivity contribution in [3.05, 3.63) is 172 Å². The summed E-state index contributed by atoms with van der Waals surface area (Å²) in [6, 6.07) is 47.7. The van der Waals surface area contributed by atoms with Gasteiger partial charge in [-0.3, -0.25) is 0 Å². The maximum atomic E-state index is 7.79. The summed E-state index contributed by atoms with van der Waals surface area (Å²) in [6.07, 6.45) is 9.78. The molecule has 0 saturated heterocycles. The van der Waals surface area contributed by atoms with Gasteiger partial charge in [0.2, 0.25) is 0 Å². The summed E-state index contributed by atoms with van der Waals surface area (Å²) in [6.45, 7) is 12.9. The molecule has 7 aromatic carbocycles.